The van der Waals surface area contributed by atoms with Gasteiger partial charge in [-0.2, -0.15) is 13.2 Å². The van der Waals surface area contributed by atoms with Gasteiger partial charge in [-0.15, -0.1) is 0 Å². The van der Waals surface area contributed by atoms with Crippen molar-refractivity contribution in [2.45, 2.75) is 6.18 Å². The van der Waals surface area contributed by atoms with Crippen LogP contribution in [0.25, 0.3) is 16.7 Å². The molecule has 0 unspecified atom stereocenters. The molecule has 3 aromatic heterocycles. The molecule has 3 heterocycles. The third kappa shape index (κ3) is 4.15. The largest absolute Gasteiger partial charge is 0.497 e. The third-order valence-electron chi connectivity index (χ3n) is 5.06. The van der Waals surface area contributed by atoms with Crippen LogP contribution in [0.1, 0.15) is 16.1 Å². The van der Waals surface area contributed by atoms with Crippen LogP contribution in [-0.4, -0.2) is 34.6 Å². The third-order valence-corrected chi connectivity index (χ3v) is 5.06. The van der Waals surface area contributed by atoms with E-state index < -0.39 is 23.3 Å². The summed E-state index contributed by atoms with van der Waals surface area (Å²) >= 11 is 0. The van der Waals surface area contributed by atoms with E-state index in [0.717, 1.165) is 10.6 Å². The van der Waals surface area contributed by atoms with Crippen molar-refractivity contribution in [3.63, 3.8) is 0 Å². The van der Waals surface area contributed by atoms with Gasteiger partial charge in [0.25, 0.3) is 11.5 Å². The maximum Gasteiger partial charge on any atom is 0.433 e. The van der Waals surface area contributed by atoms with Crippen LogP contribution in [0.4, 0.5) is 24.5 Å². The summed E-state index contributed by atoms with van der Waals surface area (Å²) in [5, 5.41) is 5.59. The number of hydrogen-bond donors (Lipinski definition) is 2. The highest BCUT2D eigenvalue weighted by molar-refractivity contribution is 6.09. The number of methoxy groups -OCH3 is 1. The van der Waals surface area contributed by atoms with Crippen LogP contribution in [0.15, 0.2) is 65.7 Å². The van der Waals surface area contributed by atoms with E-state index >= 15 is 0 Å². The van der Waals surface area contributed by atoms with Crippen molar-refractivity contribution in [3.8, 4) is 11.4 Å². The van der Waals surface area contributed by atoms with E-state index in [2.05, 4.69) is 20.6 Å². The molecule has 0 saturated heterocycles. The van der Waals surface area contributed by atoms with Gasteiger partial charge in [-0.05, 0) is 48.5 Å². The van der Waals surface area contributed by atoms with Crippen molar-refractivity contribution >= 4 is 28.3 Å². The average Bonchev–Trinajstić information content (AvgIpc) is 2.84. The normalized spacial score (nSPS) is 11.3. The zero-order chi connectivity index (χ0) is 24.5. The molecule has 0 saturated carbocycles. The Balaban J connectivity index is 1.95. The number of aromatic nitrogens is 3. The van der Waals surface area contributed by atoms with Crippen LogP contribution in [0.5, 0.6) is 5.75 Å². The summed E-state index contributed by atoms with van der Waals surface area (Å²) in [5.41, 5.74) is -1.76. The second kappa shape index (κ2) is 8.85. The SMILES string of the molecule is CNc1c(NC(=O)c2ccc(OC)cc2)c(=O)n(-c2cccnc2)c2nc(C(F)(F)F)ccc12. The minimum atomic E-state index is -4.72. The number of nitrogens with zero attached hydrogens (tertiary/aromatic N) is 3. The Morgan fingerprint density at radius 3 is 2.38 bits per heavy atom. The highest BCUT2D eigenvalue weighted by Gasteiger charge is 2.33. The van der Waals surface area contributed by atoms with E-state index in [1.807, 2.05) is 0 Å². The van der Waals surface area contributed by atoms with E-state index in [9.17, 15) is 22.8 Å². The Labute approximate surface area is 191 Å². The molecule has 8 nitrogen and oxygen atoms in total. The number of carbonyl (C=O) groups excluding carboxylic acids is 1. The maximum absolute atomic E-state index is 13.5. The van der Waals surface area contributed by atoms with E-state index in [1.165, 1.54) is 56.9 Å². The van der Waals surface area contributed by atoms with Crippen LogP contribution in [0.2, 0.25) is 0 Å². The van der Waals surface area contributed by atoms with Gasteiger partial charge in [-0.3, -0.25) is 19.1 Å². The molecule has 34 heavy (non-hydrogen) atoms. The summed E-state index contributed by atoms with van der Waals surface area (Å²) in [5.74, 6) is -0.0446. The number of amides is 1. The number of nitrogens with one attached hydrogen (secondary N) is 2. The predicted molar refractivity (Wildman–Crippen MR) is 121 cm³/mol. The number of carbonyl (C=O) groups is 1. The Bertz CT molecular complexity index is 1420. The fourth-order valence-electron chi connectivity index (χ4n) is 3.45. The summed E-state index contributed by atoms with van der Waals surface area (Å²) in [7, 11) is 2.98. The maximum atomic E-state index is 13.5. The predicted octanol–water partition coefficient (Wildman–Crippen LogP) is 4.10. The van der Waals surface area contributed by atoms with Gasteiger partial charge in [0.1, 0.15) is 22.8 Å². The van der Waals surface area contributed by atoms with Crippen molar-refractivity contribution in [1.82, 2.24) is 14.5 Å². The molecule has 0 bridgehead atoms. The van der Waals surface area contributed by atoms with Crippen molar-refractivity contribution in [1.29, 1.82) is 0 Å². The van der Waals surface area contributed by atoms with Gasteiger partial charge < -0.3 is 15.4 Å². The van der Waals surface area contributed by atoms with Gasteiger partial charge in [-0.1, -0.05) is 0 Å². The molecule has 2 N–H and O–H groups in total. The number of halogens is 3. The van der Waals surface area contributed by atoms with Crippen LogP contribution in [0, 0.1) is 0 Å². The molecule has 0 aliphatic rings. The quantitative estimate of drug-likeness (QED) is 0.457. The van der Waals surface area contributed by atoms with Gasteiger partial charge in [0.15, 0.2) is 0 Å². The lowest BCUT2D eigenvalue weighted by molar-refractivity contribution is -0.141. The molecule has 0 fully saturated rings. The second-order valence-corrected chi connectivity index (χ2v) is 7.10. The number of hydrogen-bond acceptors (Lipinski definition) is 6. The lowest BCUT2D eigenvalue weighted by Gasteiger charge is -2.18. The van der Waals surface area contributed by atoms with E-state index in [1.54, 1.807) is 12.1 Å². The molecule has 4 rings (SSSR count). The number of rotatable bonds is 5. The summed E-state index contributed by atoms with van der Waals surface area (Å²) < 4.78 is 46.2. The van der Waals surface area contributed by atoms with Crippen molar-refractivity contribution in [2.75, 3.05) is 24.8 Å². The molecule has 0 atom stereocenters. The van der Waals surface area contributed by atoms with Crippen LogP contribution in [-0.2, 0) is 6.18 Å². The highest BCUT2D eigenvalue weighted by Crippen LogP contribution is 2.33. The minimum Gasteiger partial charge on any atom is -0.497 e. The second-order valence-electron chi connectivity index (χ2n) is 7.10. The average molecular weight is 469 g/mol. The zero-order valence-corrected chi connectivity index (χ0v) is 18.0. The fraction of sp³-hybridized carbons (Fsp3) is 0.130. The lowest BCUT2D eigenvalue weighted by Crippen LogP contribution is -2.28. The van der Waals surface area contributed by atoms with E-state index in [4.69, 9.17) is 4.74 Å². The van der Waals surface area contributed by atoms with Gasteiger partial charge in [0, 0.05) is 24.2 Å². The van der Waals surface area contributed by atoms with Crippen LogP contribution < -0.4 is 20.9 Å². The summed E-state index contributed by atoms with van der Waals surface area (Å²) in [4.78, 5) is 34.1. The first kappa shape index (κ1) is 22.8. The first-order valence-electron chi connectivity index (χ1n) is 9.95. The smallest absolute Gasteiger partial charge is 0.433 e. The number of benzene rings is 1. The molecule has 174 valence electrons. The summed E-state index contributed by atoms with van der Waals surface area (Å²) in [6.45, 7) is 0. The molecule has 11 heteroatoms. The standard InChI is InChI=1S/C23H18F3N5O3/c1-27-18-16-9-10-17(23(24,25)26)29-20(16)31(14-4-3-11-28-12-14)22(33)19(18)30-21(32)13-5-7-15(34-2)8-6-13/h3-12,27H,1-2H3,(H,30,32). The first-order chi connectivity index (χ1) is 16.2. The van der Waals surface area contributed by atoms with E-state index in [-0.39, 0.29) is 33.7 Å². The van der Waals surface area contributed by atoms with Gasteiger partial charge in [0.05, 0.1) is 24.7 Å². The fourth-order valence-corrected chi connectivity index (χ4v) is 3.45. The summed E-state index contributed by atoms with van der Waals surface area (Å²) in [6.07, 6.45) is -1.94. The van der Waals surface area contributed by atoms with E-state index in [0.29, 0.717) is 5.75 Å². The molecule has 0 spiro atoms. The summed E-state index contributed by atoms with van der Waals surface area (Å²) in [6, 6.07) is 11.3. The highest BCUT2D eigenvalue weighted by atomic mass is 19.4. The molecular weight excluding hydrogens is 451 g/mol. The number of anilines is 2. The number of ether oxygens (including phenoxy) is 1. The molecular formula is C23H18F3N5O3. The molecule has 1 aromatic carbocycles. The number of alkyl halides is 3. The van der Waals surface area contributed by atoms with Gasteiger partial charge in [-0.25, -0.2) is 4.98 Å². The van der Waals surface area contributed by atoms with Gasteiger partial charge in [0.2, 0.25) is 0 Å². The van der Waals surface area contributed by atoms with Crippen molar-refractivity contribution in [3.05, 3.63) is 82.5 Å². The Kier molecular flexibility index (Phi) is 5.93. The Morgan fingerprint density at radius 2 is 1.79 bits per heavy atom. The number of fused-ring (bicyclic) bond motifs is 1. The molecule has 1 amide bonds. The van der Waals surface area contributed by atoms with Gasteiger partial charge >= 0.3 is 6.18 Å². The Morgan fingerprint density at radius 1 is 1.06 bits per heavy atom. The van der Waals surface area contributed by atoms with Crippen molar-refractivity contribution in [2.24, 2.45) is 0 Å². The zero-order valence-electron chi connectivity index (χ0n) is 18.0. The first-order valence-corrected chi connectivity index (χ1v) is 9.95. The topological polar surface area (TPSA) is 98.1 Å². The van der Waals surface area contributed by atoms with Crippen molar-refractivity contribution < 1.29 is 22.7 Å². The van der Waals surface area contributed by atoms with Crippen LogP contribution in [0.3, 0.4) is 0 Å². The minimum absolute atomic E-state index is 0.128. The molecule has 4 aromatic rings. The molecule has 0 radical (unpaired) electrons. The molecule has 0 aliphatic heterocycles. The van der Waals surface area contributed by atoms with Crippen LogP contribution >= 0.6 is 0 Å². The lowest BCUT2D eigenvalue weighted by atomic mass is 10.1. The number of pyridine rings is 3. The Hall–Kier alpha value is -4.41. The monoisotopic (exact) mass is 469 g/mol. The molecule has 0 aliphatic carbocycles.